The van der Waals surface area contributed by atoms with Gasteiger partial charge in [-0.1, -0.05) is 6.42 Å². The van der Waals surface area contributed by atoms with E-state index >= 15 is 0 Å². The fourth-order valence-corrected chi connectivity index (χ4v) is 3.44. The van der Waals surface area contributed by atoms with Crippen molar-refractivity contribution < 1.29 is 9.59 Å². The van der Waals surface area contributed by atoms with Crippen LogP contribution in [0.5, 0.6) is 0 Å². The molecule has 19 heavy (non-hydrogen) atoms. The van der Waals surface area contributed by atoms with Crippen LogP contribution in [0.15, 0.2) is 0 Å². The minimum absolute atomic E-state index is 0.0143. The average molecular weight is 267 g/mol. The maximum Gasteiger partial charge on any atom is 0.247 e. The predicted octanol–water partition coefficient (Wildman–Crippen LogP) is 0.441. The Balaban J connectivity index is 2.17. The molecular weight excluding hydrogens is 242 g/mol. The summed E-state index contributed by atoms with van der Waals surface area (Å²) in [7, 11) is 1.80. The van der Waals surface area contributed by atoms with Crippen molar-refractivity contribution >= 4 is 11.8 Å². The zero-order chi connectivity index (χ0) is 14.2. The van der Waals surface area contributed by atoms with E-state index in [1.54, 1.807) is 16.8 Å². The number of amides is 2. The van der Waals surface area contributed by atoms with Crippen molar-refractivity contribution in [2.75, 3.05) is 26.7 Å². The first-order valence-electron chi connectivity index (χ1n) is 7.16. The molecule has 2 atom stereocenters. The number of hydrogen-bond donors (Lipinski definition) is 1. The van der Waals surface area contributed by atoms with Crippen molar-refractivity contribution in [2.45, 2.75) is 38.6 Å². The van der Waals surface area contributed by atoms with Gasteiger partial charge in [-0.15, -0.1) is 0 Å². The summed E-state index contributed by atoms with van der Waals surface area (Å²) in [5, 5.41) is 0. The highest BCUT2D eigenvalue weighted by molar-refractivity contribution is 5.92. The molecule has 5 heteroatoms. The molecule has 0 aromatic rings. The molecule has 5 nitrogen and oxygen atoms in total. The number of nitrogens with two attached hydrogens (primary N) is 1. The lowest BCUT2D eigenvalue weighted by Crippen LogP contribution is -2.64. The number of piperazine rings is 1. The van der Waals surface area contributed by atoms with Crippen LogP contribution in [0, 0.1) is 11.8 Å². The fraction of sp³-hybridized carbons (Fsp3) is 0.857. The summed E-state index contributed by atoms with van der Waals surface area (Å²) in [4.78, 5) is 28.5. The lowest BCUT2D eigenvalue weighted by atomic mass is 9.90. The zero-order valence-electron chi connectivity index (χ0n) is 12.2. The van der Waals surface area contributed by atoms with Crippen LogP contribution in [-0.2, 0) is 9.59 Å². The quantitative estimate of drug-likeness (QED) is 0.789. The van der Waals surface area contributed by atoms with Gasteiger partial charge in [0.2, 0.25) is 11.8 Å². The van der Waals surface area contributed by atoms with E-state index in [-0.39, 0.29) is 23.7 Å². The first-order chi connectivity index (χ1) is 8.89. The Labute approximate surface area is 115 Å². The molecule has 1 saturated heterocycles. The van der Waals surface area contributed by atoms with E-state index < -0.39 is 5.54 Å². The third kappa shape index (κ3) is 2.36. The second kappa shape index (κ2) is 5.12. The van der Waals surface area contributed by atoms with Gasteiger partial charge in [0.1, 0.15) is 5.54 Å². The Kier molecular flexibility index (Phi) is 3.85. The van der Waals surface area contributed by atoms with Gasteiger partial charge >= 0.3 is 0 Å². The Hall–Kier alpha value is -1.10. The zero-order valence-corrected chi connectivity index (χ0v) is 12.2. The second-order valence-corrected chi connectivity index (χ2v) is 6.31. The van der Waals surface area contributed by atoms with Crippen molar-refractivity contribution in [3.05, 3.63) is 0 Å². The van der Waals surface area contributed by atoms with E-state index in [9.17, 15) is 9.59 Å². The molecule has 0 aromatic heterocycles. The summed E-state index contributed by atoms with van der Waals surface area (Å²) < 4.78 is 0. The van der Waals surface area contributed by atoms with Gasteiger partial charge in [-0.3, -0.25) is 9.59 Å². The van der Waals surface area contributed by atoms with Gasteiger partial charge in [-0.2, -0.15) is 0 Å². The molecule has 2 N–H and O–H groups in total. The van der Waals surface area contributed by atoms with Crippen molar-refractivity contribution in [3.63, 3.8) is 0 Å². The molecule has 0 bridgehead atoms. The first kappa shape index (κ1) is 14.3. The minimum atomic E-state index is -0.730. The number of likely N-dealkylation sites (N-methyl/N-ethyl adjacent to an activating group) is 1. The van der Waals surface area contributed by atoms with Gasteiger partial charge in [0, 0.05) is 26.1 Å². The predicted molar refractivity (Wildman–Crippen MR) is 73.3 cm³/mol. The van der Waals surface area contributed by atoms with E-state index in [1.165, 1.54) is 0 Å². The lowest BCUT2D eigenvalue weighted by molar-refractivity contribution is -0.160. The number of carbonyl (C=O) groups is 2. The highest BCUT2D eigenvalue weighted by atomic mass is 16.2. The summed E-state index contributed by atoms with van der Waals surface area (Å²) in [6.07, 6.45) is 3.02. The van der Waals surface area contributed by atoms with Crippen LogP contribution >= 0.6 is 0 Å². The summed E-state index contributed by atoms with van der Waals surface area (Å²) in [6, 6.07) is 0. The maximum atomic E-state index is 12.7. The van der Waals surface area contributed by atoms with Crippen LogP contribution in [0.25, 0.3) is 0 Å². The Morgan fingerprint density at radius 2 is 2.05 bits per heavy atom. The summed E-state index contributed by atoms with van der Waals surface area (Å²) >= 11 is 0. The average Bonchev–Trinajstić information content (AvgIpc) is 2.83. The maximum absolute atomic E-state index is 12.7. The van der Waals surface area contributed by atoms with E-state index in [4.69, 9.17) is 5.73 Å². The molecule has 1 aliphatic carbocycles. The molecular formula is C14H25N3O2. The monoisotopic (exact) mass is 267 g/mol. The number of hydrogen-bond acceptors (Lipinski definition) is 3. The molecule has 108 valence electrons. The molecule has 2 rings (SSSR count). The molecule has 1 aliphatic heterocycles. The normalized spacial score (nSPS) is 30.8. The molecule has 1 heterocycles. The van der Waals surface area contributed by atoms with E-state index in [2.05, 4.69) is 0 Å². The molecule has 0 aromatic carbocycles. The van der Waals surface area contributed by atoms with Gasteiger partial charge in [-0.05, 0) is 39.2 Å². The molecule has 2 fully saturated rings. The topological polar surface area (TPSA) is 66.6 Å². The van der Waals surface area contributed by atoms with Crippen molar-refractivity contribution in [3.8, 4) is 0 Å². The number of carbonyl (C=O) groups excluding carboxylic acids is 2. The summed E-state index contributed by atoms with van der Waals surface area (Å²) in [6.45, 7) is 5.50. The van der Waals surface area contributed by atoms with Gasteiger partial charge in [0.05, 0.1) is 0 Å². The highest BCUT2D eigenvalue weighted by Gasteiger charge is 2.46. The van der Waals surface area contributed by atoms with E-state index in [0.717, 1.165) is 19.3 Å². The Morgan fingerprint density at radius 3 is 2.68 bits per heavy atom. The lowest BCUT2D eigenvalue weighted by Gasteiger charge is -2.46. The Morgan fingerprint density at radius 1 is 1.37 bits per heavy atom. The standard InChI is InChI=1S/C14H25N3O2/c1-14(2)13(19)16(3)7-8-17(14)12(18)11-6-4-5-10(11)9-15/h10-11H,4-9,15H2,1-3H3. The SMILES string of the molecule is CN1CCN(C(=O)C2CCCC2CN)C(C)(C)C1=O. The van der Waals surface area contributed by atoms with Gasteiger partial charge in [0.15, 0.2) is 0 Å². The van der Waals surface area contributed by atoms with Crippen LogP contribution in [0.1, 0.15) is 33.1 Å². The van der Waals surface area contributed by atoms with Gasteiger partial charge in [0.25, 0.3) is 0 Å². The van der Waals surface area contributed by atoms with Crippen LogP contribution in [-0.4, -0.2) is 53.8 Å². The van der Waals surface area contributed by atoms with Crippen LogP contribution < -0.4 is 5.73 Å². The van der Waals surface area contributed by atoms with Gasteiger partial charge in [-0.25, -0.2) is 0 Å². The molecule has 0 spiro atoms. The van der Waals surface area contributed by atoms with E-state index in [1.807, 2.05) is 13.8 Å². The summed E-state index contributed by atoms with van der Waals surface area (Å²) in [5.74, 6) is 0.451. The molecule has 2 unspecified atom stereocenters. The minimum Gasteiger partial charge on any atom is -0.342 e. The van der Waals surface area contributed by atoms with Crippen molar-refractivity contribution in [1.82, 2.24) is 9.80 Å². The van der Waals surface area contributed by atoms with Gasteiger partial charge < -0.3 is 15.5 Å². The number of rotatable bonds is 2. The second-order valence-electron chi connectivity index (χ2n) is 6.31. The Bertz CT molecular complexity index is 381. The summed E-state index contributed by atoms with van der Waals surface area (Å²) in [5.41, 5.74) is 5.03. The molecule has 2 aliphatic rings. The van der Waals surface area contributed by atoms with Crippen molar-refractivity contribution in [1.29, 1.82) is 0 Å². The van der Waals surface area contributed by atoms with Crippen LogP contribution in [0.4, 0.5) is 0 Å². The third-order valence-electron chi connectivity index (χ3n) is 4.75. The highest BCUT2D eigenvalue weighted by Crippen LogP contribution is 2.35. The fourth-order valence-electron chi connectivity index (χ4n) is 3.44. The van der Waals surface area contributed by atoms with Crippen molar-refractivity contribution in [2.24, 2.45) is 17.6 Å². The molecule has 2 amide bonds. The van der Waals surface area contributed by atoms with E-state index in [0.29, 0.717) is 19.6 Å². The third-order valence-corrected chi connectivity index (χ3v) is 4.75. The first-order valence-corrected chi connectivity index (χ1v) is 7.16. The molecule has 0 radical (unpaired) electrons. The number of nitrogens with zero attached hydrogens (tertiary/aromatic N) is 2. The largest absolute Gasteiger partial charge is 0.342 e. The van der Waals surface area contributed by atoms with Crippen LogP contribution in [0.3, 0.4) is 0 Å². The molecule has 1 saturated carbocycles. The smallest absolute Gasteiger partial charge is 0.247 e. The van der Waals surface area contributed by atoms with Crippen LogP contribution in [0.2, 0.25) is 0 Å².